The molecule has 1 saturated carbocycles. The molecule has 2 aliphatic rings. The Balaban J connectivity index is 1.64. The van der Waals surface area contributed by atoms with Crippen LogP contribution < -0.4 is 10.9 Å². The van der Waals surface area contributed by atoms with E-state index in [0.717, 1.165) is 42.8 Å². The number of fused-ring (bicyclic) bond motifs is 1. The van der Waals surface area contributed by atoms with Gasteiger partial charge in [-0.1, -0.05) is 49.6 Å². The molecule has 6 heteroatoms. The average molecular weight is 402 g/mol. The molecule has 2 N–H and O–H groups in total. The maximum Gasteiger partial charge on any atom is 0.278 e. The number of para-hydroxylation sites is 2. The van der Waals surface area contributed by atoms with Crippen LogP contribution in [-0.4, -0.2) is 26.6 Å². The summed E-state index contributed by atoms with van der Waals surface area (Å²) in [5.41, 5.74) is 3.50. The van der Waals surface area contributed by atoms with Crippen molar-refractivity contribution >= 4 is 11.6 Å². The fourth-order valence-corrected chi connectivity index (χ4v) is 4.86. The van der Waals surface area contributed by atoms with Gasteiger partial charge in [-0.05, 0) is 44.0 Å². The molecule has 1 amide bonds. The third-order valence-electron chi connectivity index (χ3n) is 6.34. The van der Waals surface area contributed by atoms with Gasteiger partial charge in [-0.15, -0.1) is 0 Å². The number of aryl methyl sites for hydroxylation is 1. The van der Waals surface area contributed by atoms with Crippen molar-refractivity contribution in [1.82, 2.24) is 14.7 Å². The molecule has 1 aromatic heterocycles. The molecule has 0 spiro atoms. The molecule has 5 rings (SSSR count). The summed E-state index contributed by atoms with van der Waals surface area (Å²) in [6.45, 7) is 1.90. The van der Waals surface area contributed by atoms with Gasteiger partial charge in [0.2, 0.25) is 0 Å². The van der Waals surface area contributed by atoms with Crippen LogP contribution in [0.15, 0.2) is 59.4 Å². The van der Waals surface area contributed by atoms with Crippen LogP contribution in [0.25, 0.3) is 5.69 Å². The number of anilines is 1. The van der Waals surface area contributed by atoms with E-state index in [1.165, 1.54) is 6.42 Å². The number of hydrogen-bond acceptors (Lipinski definition) is 3. The molecule has 2 aromatic carbocycles. The maximum absolute atomic E-state index is 13.6. The molecule has 2 heterocycles. The van der Waals surface area contributed by atoms with Crippen LogP contribution in [0.2, 0.25) is 0 Å². The van der Waals surface area contributed by atoms with Crippen LogP contribution in [0.5, 0.6) is 0 Å². The van der Waals surface area contributed by atoms with Crippen molar-refractivity contribution in [2.24, 2.45) is 0 Å². The summed E-state index contributed by atoms with van der Waals surface area (Å²) in [5.74, 6) is 0.00695. The van der Waals surface area contributed by atoms with Crippen LogP contribution in [0.4, 0.5) is 5.69 Å². The fraction of sp³-hybridized carbons (Fsp3) is 0.333. The SMILES string of the molecule is Cc1[nH]n(-c2ccccc2)c(=O)c1C1Nc2ccccc2C(=O)N1C1CCCCC1. The first-order valence-corrected chi connectivity index (χ1v) is 10.7. The van der Waals surface area contributed by atoms with Crippen LogP contribution in [0, 0.1) is 6.92 Å². The molecule has 0 bridgehead atoms. The smallest absolute Gasteiger partial charge is 0.278 e. The fourth-order valence-electron chi connectivity index (χ4n) is 4.86. The topological polar surface area (TPSA) is 70.1 Å². The zero-order valence-electron chi connectivity index (χ0n) is 17.1. The number of benzene rings is 2. The van der Waals surface area contributed by atoms with E-state index < -0.39 is 6.17 Å². The minimum atomic E-state index is -0.482. The van der Waals surface area contributed by atoms with Gasteiger partial charge in [0.05, 0.1) is 16.8 Å². The van der Waals surface area contributed by atoms with Gasteiger partial charge in [-0.3, -0.25) is 14.7 Å². The van der Waals surface area contributed by atoms with Crippen molar-refractivity contribution in [3.05, 3.63) is 81.8 Å². The summed E-state index contributed by atoms with van der Waals surface area (Å²) in [6.07, 6.45) is 4.90. The highest BCUT2D eigenvalue weighted by molar-refractivity contribution is 6.02. The largest absolute Gasteiger partial charge is 0.360 e. The number of carbonyl (C=O) groups is 1. The lowest BCUT2D eigenvalue weighted by Gasteiger charge is -2.43. The molecule has 1 aliphatic heterocycles. The number of carbonyl (C=O) groups excluding carboxylic acids is 1. The Hall–Kier alpha value is -3.28. The molecule has 0 radical (unpaired) electrons. The molecule has 3 aromatic rings. The number of hydrogen-bond donors (Lipinski definition) is 2. The maximum atomic E-state index is 13.6. The van der Waals surface area contributed by atoms with Gasteiger partial charge in [0, 0.05) is 17.4 Å². The summed E-state index contributed by atoms with van der Waals surface area (Å²) in [4.78, 5) is 29.0. The van der Waals surface area contributed by atoms with Gasteiger partial charge in [0.25, 0.3) is 11.5 Å². The first-order valence-electron chi connectivity index (χ1n) is 10.7. The normalized spacial score (nSPS) is 19.4. The predicted molar refractivity (Wildman–Crippen MR) is 117 cm³/mol. The van der Waals surface area contributed by atoms with Crippen LogP contribution >= 0.6 is 0 Å². The van der Waals surface area contributed by atoms with Crippen LogP contribution in [-0.2, 0) is 0 Å². The third-order valence-corrected chi connectivity index (χ3v) is 6.34. The van der Waals surface area contributed by atoms with E-state index in [0.29, 0.717) is 11.1 Å². The highest BCUT2D eigenvalue weighted by Crippen LogP contribution is 2.37. The molecule has 1 aliphatic carbocycles. The Morgan fingerprint density at radius 2 is 1.60 bits per heavy atom. The van der Waals surface area contributed by atoms with Gasteiger partial charge in [0.1, 0.15) is 6.17 Å². The summed E-state index contributed by atoms with van der Waals surface area (Å²) in [7, 11) is 0. The number of rotatable bonds is 3. The van der Waals surface area contributed by atoms with E-state index in [-0.39, 0.29) is 17.5 Å². The quantitative estimate of drug-likeness (QED) is 0.683. The highest BCUT2D eigenvalue weighted by Gasteiger charge is 2.40. The van der Waals surface area contributed by atoms with Gasteiger partial charge in [-0.2, -0.15) is 0 Å². The van der Waals surface area contributed by atoms with Gasteiger partial charge >= 0.3 is 0 Å². The lowest BCUT2D eigenvalue weighted by Crippen LogP contribution is -2.50. The number of H-pyrrole nitrogens is 1. The average Bonchev–Trinajstić information content (AvgIpc) is 3.08. The van der Waals surface area contributed by atoms with Crippen molar-refractivity contribution in [3.63, 3.8) is 0 Å². The number of nitrogens with one attached hydrogen (secondary N) is 2. The Bertz CT molecular complexity index is 1130. The van der Waals surface area contributed by atoms with E-state index in [1.54, 1.807) is 4.68 Å². The molecule has 1 fully saturated rings. The summed E-state index contributed by atoms with van der Waals surface area (Å²) < 4.78 is 1.57. The first kappa shape index (κ1) is 18.7. The van der Waals surface area contributed by atoms with E-state index in [2.05, 4.69) is 10.4 Å². The van der Waals surface area contributed by atoms with Crippen molar-refractivity contribution in [3.8, 4) is 5.69 Å². The molecule has 1 unspecified atom stereocenters. The van der Waals surface area contributed by atoms with Crippen LogP contribution in [0.3, 0.4) is 0 Å². The zero-order chi connectivity index (χ0) is 20.7. The number of aromatic amines is 1. The molecule has 0 saturated heterocycles. The Labute approximate surface area is 175 Å². The summed E-state index contributed by atoms with van der Waals surface area (Å²) >= 11 is 0. The van der Waals surface area contributed by atoms with Crippen LogP contribution in [0.1, 0.15) is 59.9 Å². The second kappa shape index (κ2) is 7.52. The molecule has 6 nitrogen and oxygen atoms in total. The Morgan fingerprint density at radius 1 is 0.900 bits per heavy atom. The monoisotopic (exact) mass is 402 g/mol. The van der Waals surface area contributed by atoms with Crippen molar-refractivity contribution < 1.29 is 4.79 Å². The minimum absolute atomic E-state index is 0.00695. The minimum Gasteiger partial charge on any atom is -0.360 e. The second-order valence-electron chi connectivity index (χ2n) is 8.22. The molecule has 154 valence electrons. The predicted octanol–water partition coefficient (Wildman–Crippen LogP) is 4.37. The van der Waals surface area contributed by atoms with E-state index >= 15 is 0 Å². The lowest BCUT2D eigenvalue weighted by atomic mass is 9.91. The molecule has 30 heavy (non-hydrogen) atoms. The second-order valence-corrected chi connectivity index (χ2v) is 8.22. The van der Waals surface area contributed by atoms with Crippen molar-refractivity contribution in [2.45, 2.75) is 51.2 Å². The van der Waals surface area contributed by atoms with Gasteiger partial charge in [-0.25, -0.2) is 4.68 Å². The highest BCUT2D eigenvalue weighted by atomic mass is 16.2. The molecule has 1 atom stereocenters. The Kier molecular flexibility index (Phi) is 4.69. The first-order chi connectivity index (χ1) is 14.6. The summed E-state index contributed by atoms with van der Waals surface area (Å²) in [5, 5.41) is 6.72. The van der Waals surface area contributed by atoms with Crippen molar-refractivity contribution in [2.75, 3.05) is 5.32 Å². The van der Waals surface area contributed by atoms with E-state index in [9.17, 15) is 9.59 Å². The zero-order valence-corrected chi connectivity index (χ0v) is 17.1. The molecular formula is C24H26N4O2. The van der Waals surface area contributed by atoms with Gasteiger partial charge < -0.3 is 10.2 Å². The summed E-state index contributed by atoms with van der Waals surface area (Å²) in [6, 6.07) is 17.3. The molecular weight excluding hydrogens is 376 g/mol. The lowest BCUT2D eigenvalue weighted by molar-refractivity contribution is 0.0522. The van der Waals surface area contributed by atoms with E-state index in [4.69, 9.17) is 0 Å². The number of aromatic nitrogens is 2. The standard InChI is InChI=1S/C24H26N4O2/c1-16-21(24(30)28(26-16)18-12-6-3-7-13-18)22-25-20-15-9-8-14-19(20)23(29)27(22)17-10-4-2-5-11-17/h3,6-9,12-15,17,22,25-26H,2,4-5,10-11H2,1H3. The van der Waals surface area contributed by atoms with Gasteiger partial charge in [0.15, 0.2) is 0 Å². The van der Waals surface area contributed by atoms with Crippen molar-refractivity contribution in [1.29, 1.82) is 0 Å². The number of amides is 1. The Morgan fingerprint density at radius 3 is 2.37 bits per heavy atom. The van der Waals surface area contributed by atoms with E-state index in [1.807, 2.05) is 66.4 Å². The number of nitrogens with zero attached hydrogens (tertiary/aromatic N) is 2. The third kappa shape index (κ3) is 3.03.